The fraction of sp³-hybridized carbons (Fsp3) is 0.579. The number of nitrogens with zero attached hydrogens (tertiary/aromatic N) is 1. The number of ether oxygens (including phenoxy) is 3. The highest BCUT2D eigenvalue weighted by atomic mass is 16.6. The summed E-state index contributed by atoms with van der Waals surface area (Å²) in [6.45, 7) is 0.827. The zero-order valence-corrected chi connectivity index (χ0v) is 14.8. The molecule has 1 aliphatic carbocycles. The van der Waals surface area contributed by atoms with Crippen LogP contribution >= 0.6 is 0 Å². The third-order valence-corrected chi connectivity index (χ3v) is 5.68. The van der Waals surface area contributed by atoms with Gasteiger partial charge < -0.3 is 24.2 Å². The van der Waals surface area contributed by atoms with E-state index in [1.807, 2.05) is 0 Å². The lowest BCUT2D eigenvalue weighted by Crippen LogP contribution is -2.46. The van der Waals surface area contributed by atoms with E-state index in [2.05, 4.69) is 0 Å². The smallest absolute Gasteiger partial charge is 0.326 e. The van der Waals surface area contributed by atoms with Crippen molar-refractivity contribution in [3.63, 3.8) is 0 Å². The molecule has 3 atom stereocenters. The van der Waals surface area contributed by atoms with Gasteiger partial charge in [0, 0.05) is 11.6 Å². The van der Waals surface area contributed by atoms with E-state index in [4.69, 9.17) is 14.2 Å². The van der Waals surface area contributed by atoms with Gasteiger partial charge in [0.1, 0.15) is 19.3 Å². The summed E-state index contributed by atoms with van der Waals surface area (Å²) in [5, 5.41) is 9.66. The lowest BCUT2D eigenvalue weighted by Gasteiger charge is -2.33. The SMILES string of the molecule is COc1cc(C(=O)N2C(C(=O)O)CC3CCCCC32)cc2c1OCCO2. The number of likely N-dealkylation sites (tertiary alicyclic amines) is 1. The lowest BCUT2D eigenvalue weighted by atomic mass is 9.84. The Morgan fingerprint density at radius 2 is 1.96 bits per heavy atom. The summed E-state index contributed by atoms with van der Waals surface area (Å²) in [7, 11) is 1.51. The Bertz CT molecular complexity index is 716. The van der Waals surface area contributed by atoms with E-state index < -0.39 is 12.0 Å². The third-order valence-electron chi connectivity index (χ3n) is 5.68. The number of carboxylic acid groups (broad SMARTS) is 1. The van der Waals surface area contributed by atoms with Gasteiger partial charge in [0.25, 0.3) is 5.91 Å². The van der Waals surface area contributed by atoms with Gasteiger partial charge in [-0.3, -0.25) is 4.79 Å². The summed E-state index contributed by atoms with van der Waals surface area (Å²) in [5.74, 6) is 0.441. The number of hydrogen-bond acceptors (Lipinski definition) is 5. The number of rotatable bonds is 3. The van der Waals surface area contributed by atoms with Crippen LogP contribution in [0.5, 0.6) is 17.2 Å². The fourth-order valence-electron chi connectivity index (χ4n) is 4.52. The maximum absolute atomic E-state index is 13.3. The molecule has 140 valence electrons. The van der Waals surface area contributed by atoms with Crippen LogP contribution in [-0.2, 0) is 4.79 Å². The van der Waals surface area contributed by atoms with E-state index in [0.717, 1.165) is 25.7 Å². The number of amides is 1. The molecule has 4 rings (SSSR count). The fourth-order valence-corrected chi connectivity index (χ4v) is 4.52. The molecule has 7 heteroatoms. The highest BCUT2D eigenvalue weighted by Crippen LogP contribution is 2.43. The number of methoxy groups -OCH3 is 1. The largest absolute Gasteiger partial charge is 0.493 e. The number of hydrogen-bond donors (Lipinski definition) is 1. The molecule has 2 aliphatic heterocycles. The van der Waals surface area contributed by atoms with Crippen LogP contribution in [0, 0.1) is 5.92 Å². The zero-order valence-electron chi connectivity index (χ0n) is 14.8. The molecule has 0 bridgehead atoms. The number of benzene rings is 1. The molecule has 1 aromatic rings. The van der Waals surface area contributed by atoms with Gasteiger partial charge in [-0.15, -0.1) is 0 Å². The number of carbonyl (C=O) groups is 2. The first-order valence-corrected chi connectivity index (χ1v) is 9.13. The van der Waals surface area contributed by atoms with Crippen LogP contribution in [0.2, 0.25) is 0 Å². The first kappa shape index (κ1) is 17.0. The molecule has 1 amide bonds. The van der Waals surface area contributed by atoms with Gasteiger partial charge in [-0.05, 0) is 37.3 Å². The van der Waals surface area contributed by atoms with Crippen molar-refractivity contribution in [1.82, 2.24) is 4.90 Å². The Hall–Kier alpha value is -2.44. The average Bonchev–Trinajstić information content (AvgIpc) is 3.06. The molecule has 1 aromatic carbocycles. The molecule has 1 saturated heterocycles. The van der Waals surface area contributed by atoms with Crippen LogP contribution in [0.3, 0.4) is 0 Å². The topological polar surface area (TPSA) is 85.3 Å². The van der Waals surface area contributed by atoms with Gasteiger partial charge in [-0.2, -0.15) is 0 Å². The summed E-state index contributed by atoms with van der Waals surface area (Å²) < 4.78 is 16.5. The van der Waals surface area contributed by atoms with E-state index >= 15 is 0 Å². The minimum atomic E-state index is -0.933. The summed E-state index contributed by atoms with van der Waals surface area (Å²) in [6, 6.07) is 2.48. The maximum atomic E-state index is 13.3. The van der Waals surface area contributed by atoms with E-state index in [0.29, 0.717) is 42.4 Å². The molecule has 1 saturated carbocycles. The minimum Gasteiger partial charge on any atom is -0.493 e. The first-order valence-electron chi connectivity index (χ1n) is 9.13. The molecule has 26 heavy (non-hydrogen) atoms. The van der Waals surface area contributed by atoms with Crippen molar-refractivity contribution in [3.05, 3.63) is 17.7 Å². The van der Waals surface area contributed by atoms with E-state index in [1.54, 1.807) is 17.0 Å². The Morgan fingerprint density at radius 3 is 2.73 bits per heavy atom. The van der Waals surface area contributed by atoms with Crippen LogP contribution < -0.4 is 14.2 Å². The molecule has 0 radical (unpaired) electrons. The standard InChI is InChI=1S/C19H23NO6/c1-24-15-9-12(10-16-17(15)26-7-6-25-16)18(21)20-13-5-3-2-4-11(13)8-14(20)19(22)23/h9-11,13-14H,2-8H2,1H3,(H,22,23). The van der Waals surface area contributed by atoms with Gasteiger partial charge in [0.05, 0.1) is 7.11 Å². The predicted molar refractivity (Wildman–Crippen MR) is 91.9 cm³/mol. The molecule has 0 spiro atoms. The highest BCUT2D eigenvalue weighted by Gasteiger charge is 2.47. The van der Waals surface area contributed by atoms with E-state index in [9.17, 15) is 14.7 Å². The van der Waals surface area contributed by atoms with Crippen molar-refractivity contribution < 1.29 is 28.9 Å². The second-order valence-electron chi connectivity index (χ2n) is 7.12. The van der Waals surface area contributed by atoms with Crippen LogP contribution in [-0.4, -0.2) is 54.3 Å². The Kier molecular flexibility index (Phi) is 4.38. The van der Waals surface area contributed by atoms with Crippen LogP contribution in [0.15, 0.2) is 12.1 Å². The maximum Gasteiger partial charge on any atom is 0.326 e. The number of carboxylic acids is 1. The molecule has 2 heterocycles. The zero-order chi connectivity index (χ0) is 18.3. The monoisotopic (exact) mass is 361 g/mol. The van der Waals surface area contributed by atoms with Gasteiger partial charge >= 0.3 is 5.97 Å². The van der Waals surface area contributed by atoms with Crippen LogP contribution in [0.4, 0.5) is 0 Å². The predicted octanol–water partition coefficient (Wildman–Crippen LogP) is 2.32. The number of fused-ring (bicyclic) bond motifs is 2. The number of carbonyl (C=O) groups excluding carboxylic acids is 1. The van der Waals surface area contributed by atoms with Gasteiger partial charge in [0.15, 0.2) is 11.5 Å². The Labute approximate surface area is 151 Å². The molecule has 3 aliphatic rings. The first-order chi connectivity index (χ1) is 12.6. The molecule has 3 unspecified atom stereocenters. The van der Waals surface area contributed by atoms with Crippen molar-refractivity contribution in [2.75, 3.05) is 20.3 Å². The molecular weight excluding hydrogens is 338 g/mol. The van der Waals surface area contributed by atoms with E-state index in [1.165, 1.54) is 7.11 Å². The van der Waals surface area contributed by atoms with Crippen molar-refractivity contribution in [3.8, 4) is 17.2 Å². The summed E-state index contributed by atoms with van der Waals surface area (Å²) in [4.78, 5) is 26.6. The second-order valence-corrected chi connectivity index (χ2v) is 7.12. The van der Waals surface area contributed by atoms with Crippen molar-refractivity contribution in [1.29, 1.82) is 0 Å². The van der Waals surface area contributed by atoms with Gasteiger partial charge in [-0.1, -0.05) is 12.8 Å². The summed E-state index contributed by atoms with van der Waals surface area (Å²) >= 11 is 0. The quantitative estimate of drug-likeness (QED) is 0.889. The van der Waals surface area contributed by atoms with Gasteiger partial charge in [-0.25, -0.2) is 4.79 Å². The molecule has 2 fully saturated rings. The van der Waals surface area contributed by atoms with Crippen molar-refractivity contribution in [2.24, 2.45) is 5.92 Å². The highest BCUT2D eigenvalue weighted by molar-refractivity contribution is 5.98. The van der Waals surface area contributed by atoms with Crippen LogP contribution in [0.1, 0.15) is 42.5 Å². The Balaban J connectivity index is 1.70. The normalized spacial score (nSPS) is 27.0. The van der Waals surface area contributed by atoms with Gasteiger partial charge in [0.2, 0.25) is 5.75 Å². The number of aliphatic carboxylic acids is 1. The molecule has 0 aromatic heterocycles. The molecule has 1 N–H and O–H groups in total. The van der Waals surface area contributed by atoms with Crippen molar-refractivity contribution >= 4 is 11.9 Å². The van der Waals surface area contributed by atoms with Crippen molar-refractivity contribution in [2.45, 2.75) is 44.2 Å². The average molecular weight is 361 g/mol. The summed E-state index contributed by atoms with van der Waals surface area (Å²) in [6.07, 6.45) is 4.52. The van der Waals surface area contributed by atoms with Crippen LogP contribution in [0.25, 0.3) is 0 Å². The second kappa shape index (κ2) is 6.70. The minimum absolute atomic E-state index is 0.00320. The summed E-state index contributed by atoms with van der Waals surface area (Å²) in [5.41, 5.74) is 0.378. The lowest BCUT2D eigenvalue weighted by molar-refractivity contribution is -0.141. The third kappa shape index (κ3) is 2.75. The Morgan fingerprint density at radius 1 is 1.19 bits per heavy atom. The molecular formula is C19H23NO6. The molecule has 7 nitrogen and oxygen atoms in total. The van der Waals surface area contributed by atoms with E-state index in [-0.39, 0.29) is 17.9 Å².